The number of hydrogen-bond donors (Lipinski definition) is 1. The number of methoxy groups -OCH3 is 2. The van der Waals surface area contributed by atoms with Gasteiger partial charge in [0.15, 0.2) is 11.5 Å². The van der Waals surface area contributed by atoms with Crippen LogP contribution in [-0.2, 0) is 11.2 Å². The van der Waals surface area contributed by atoms with Crippen LogP contribution in [0.15, 0.2) is 72.8 Å². The highest BCUT2D eigenvalue weighted by Gasteiger charge is 2.28. The zero-order valence-corrected chi connectivity index (χ0v) is 17.3. The van der Waals surface area contributed by atoms with Gasteiger partial charge in [0.05, 0.1) is 38.2 Å². The van der Waals surface area contributed by atoms with Gasteiger partial charge in [0.1, 0.15) is 0 Å². The van der Waals surface area contributed by atoms with Crippen LogP contribution in [0.3, 0.4) is 0 Å². The Labute approximate surface area is 177 Å². The van der Waals surface area contributed by atoms with E-state index in [-0.39, 0.29) is 11.9 Å². The second kappa shape index (κ2) is 8.91. The molecule has 1 atom stereocenters. The van der Waals surface area contributed by atoms with Crippen molar-refractivity contribution in [2.45, 2.75) is 18.9 Å². The van der Waals surface area contributed by atoms with Crippen molar-refractivity contribution < 1.29 is 14.3 Å². The first-order valence-electron chi connectivity index (χ1n) is 10.1. The number of fused-ring (bicyclic) bond motifs is 1. The molecule has 1 amide bonds. The maximum absolute atomic E-state index is 13.2. The number of rotatable bonds is 6. The molecule has 3 aromatic carbocycles. The van der Waals surface area contributed by atoms with E-state index >= 15 is 0 Å². The summed E-state index contributed by atoms with van der Waals surface area (Å²) in [5.74, 6) is 1.48. The summed E-state index contributed by atoms with van der Waals surface area (Å²) in [6.45, 7) is 0.603. The summed E-state index contributed by atoms with van der Waals surface area (Å²) in [6.07, 6.45) is 1.06. The highest BCUT2D eigenvalue weighted by Crippen LogP contribution is 2.36. The van der Waals surface area contributed by atoms with Crippen LogP contribution in [0.4, 0.5) is 11.4 Å². The summed E-state index contributed by atoms with van der Waals surface area (Å²) >= 11 is 0. The van der Waals surface area contributed by atoms with Crippen molar-refractivity contribution in [3.8, 4) is 11.5 Å². The van der Waals surface area contributed by atoms with Gasteiger partial charge in [-0.15, -0.1) is 0 Å². The van der Waals surface area contributed by atoms with Crippen molar-refractivity contribution in [3.63, 3.8) is 0 Å². The molecule has 1 aliphatic heterocycles. The van der Waals surface area contributed by atoms with Crippen LogP contribution < -0.4 is 19.7 Å². The van der Waals surface area contributed by atoms with Crippen LogP contribution in [0.2, 0.25) is 0 Å². The molecule has 1 N–H and O–H groups in total. The zero-order chi connectivity index (χ0) is 20.9. The molecule has 0 saturated carbocycles. The minimum Gasteiger partial charge on any atom is -0.493 e. The summed E-state index contributed by atoms with van der Waals surface area (Å²) < 4.78 is 10.7. The van der Waals surface area contributed by atoms with E-state index in [0.29, 0.717) is 30.9 Å². The number of hydrogen-bond acceptors (Lipinski definition) is 4. The molecule has 0 spiro atoms. The van der Waals surface area contributed by atoms with Gasteiger partial charge in [-0.25, -0.2) is 0 Å². The second-order valence-corrected chi connectivity index (χ2v) is 7.32. The SMILES string of the molecule is COc1ccc(CCC(=O)N2CC(c3ccccc3)Nc3ccccc32)cc1OC. The van der Waals surface area contributed by atoms with E-state index in [0.717, 1.165) is 16.9 Å². The standard InChI is InChI=1S/C25H26N2O3/c1-29-23-14-12-18(16-24(23)30-2)13-15-25(28)27-17-21(19-8-4-3-5-9-19)26-20-10-6-7-11-22(20)27/h3-12,14,16,21,26H,13,15,17H2,1-2H3. The predicted molar refractivity (Wildman–Crippen MR) is 119 cm³/mol. The third-order valence-corrected chi connectivity index (χ3v) is 5.47. The Morgan fingerprint density at radius 3 is 2.47 bits per heavy atom. The van der Waals surface area contributed by atoms with Crippen molar-refractivity contribution in [2.24, 2.45) is 0 Å². The minimum absolute atomic E-state index is 0.0612. The van der Waals surface area contributed by atoms with Crippen molar-refractivity contribution in [3.05, 3.63) is 83.9 Å². The first-order chi connectivity index (χ1) is 14.7. The van der Waals surface area contributed by atoms with Crippen LogP contribution in [0.5, 0.6) is 11.5 Å². The third kappa shape index (κ3) is 4.10. The number of ether oxygens (including phenoxy) is 2. The van der Waals surface area contributed by atoms with Gasteiger partial charge < -0.3 is 19.7 Å². The smallest absolute Gasteiger partial charge is 0.227 e. The molecule has 0 radical (unpaired) electrons. The number of anilines is 2. The van der Waals surface area contributed by atoms with Gasteiger partial charge in [0.25, 0.3) is 0 Å². The molecule has 0 saturated heterocycles. The Kier molecular flexibility index (Phi) is 5.89. The molecule has 5 heteroatoms. The number of amides is 1. The Balaban J connectivity index is 1.52. The van der Waals surface area contributed by atoms with Gasteiger partial charge in [0.2, 0.25) is 5.91 Å². The van der Waals surface area contributed by atoms with Crippen molar-refractivity contribution in [2.75, 3.05) is 31.0 Å². The predicted octanol–water partition coefficient (Wildman–Crippen LogP) is 4.84. The number of carbonyl (C=O) groups excluding carboxylic acids is 1. The molecule has 0 fully saturated rings. The van der Waals surface area contributed by atoms with Crippen molar-refractivity contribution in [1.82, 2.24) is 0 Å². The number of benzene rings is 3. The van der Waals surface area contributed by atoms with Crippen molar-refractivity contribution >= 4 is 17.3 Å². The molecule has 3 aromatic rings. The molecule has 1 unspecified atom stereocenters. The molecular weight excluding hydrogens is 376 g/mol. The molecular formula is C25H26N2O3. The Morgan fingerprint density at radius 2 is 1.70 bits per heavy atom. The lowest BCUT2D eigenvalue weighted by Crippen LogP contribution is -2.40. The Morgan fingerprint density at radius 1 is 0.967 bits per heavy atom. The maximum atomic E-state index is 13.2. The Hall–Kier alpha value is -3.47. The third-order valence-electron chi connectivity index (χ3n) is 5.47. The van der Waals surface area contributed by atoms with E-state index < -0.39 is 0 Å². The summed E-state index contributed by atoms with van der Waals surface area (Å²) in [4.78, 5) is 15.1. The van der Waals surface area contributed by atoms with Gasteiger partial charge >= 0.3 is 0 Å². The molecule has 154 valence electrons. The molecule has 30 heavy (non-hydrogen) atoms. The highest BCUT2D eigenvalue weighted by molar-refractivity contribution is 5.98. The number of carbonyl (C=O) groups is 1. The molecule has 4 rings (SSSR count). The van der Waals surface area contributed by atoms with E-state index in [4.69, 9.17) is 9.47 Å². The molecule has 0 aromatic heterocycles. The fourth-order valence-corrected chi connectivity index (χ4v) is 3.88. The molecule has 0 aliphatic carbocycles. The highest BCUT2D eigenvalue weighted by atomic mass is 16.5. The summed E-state index contributed by atoms with van der Waals surface area (Å²) in [6, 6.07) is 24.1. The monoisotopic (exact) mass is 402 g/mol. The van der Waals surface area contributed by atoms with Gasteiger partial charge in [-0.2, -0.15) is 0 Å². The summed E-state index contributed by atoms with van der Waals surface area (Å²) in [5, 5.41) is 3.58. The lowest BCUT2D eigenvalue weighted by molar-refractivity contribution is -0.118. The van der Waals surface area contributed by atoms with Gasteiger partial charge in [0, 0.05) is 6.42 Å². The normalized spacial score (nSPS) is 15.1. The summed E-state index contributed by atoms with van der Waals surface area (Å²) in [7, 11) is 3.24. The van der Waals surface area contributed by atoms with Crippen LogP contribution in [0, 0.1) is 0 Å². The van der Waals surface area contributed by atoms with E-state index in [2.05, 4.69) is 17.4 Å². The first-order valence-corrected chi connectivity index (χ1v) is 10.1. The van der Waals surface area contributed by atoms with E-state index in [9.17, 15) is 4.79 Å². The lowest BCUT2D eigenvalue weighted by atomic mass is 10.0. The van der Waals surface area contributed by atoms with Crippen LogP contribution in [0.25, 0.3) is 0 Å². The zero-order valence-electron chi connectivity index (χ0n) is 17.3. The number of nitrogens with zero attached hydrogens (tertiary/aromatic N) is 1. The topological polar surface area (TPSA) is 50.8 Å². The molecule has 1 heterocycles. The number of aryl methyl sites for hydroxylation is 1. The lowest BCUT2D eigenvalue weighted by Gasteiger charge is -2.36. The average Bonchev–Trinajstić information content (AvgIpc) is 2.82. The van der Waals surface area contributed by atoms with Gasteiger partial charge in [-0.05, 0) is 41.8 Å². The van der Waals surface area contributed by atoms with Crippen LogP contribution in [-0.4, -0.2) is 26.7 Å². The Bertz CT molecular complexity index is 1020. The quantitative estimate of drug-likeness (QED) is 0.641. The van der Waals surface area contributed by atoms with E-state index in [1.165, 1.54) is 5.56 Å². The minimum atomic E-state index is 0.0612. The second-order valence-electron chi connectivity index (χ2n) is 7.32. The largest absolute Gasteiger partial charge is 0.493 e. The summed E-state index contributed by atoms with van der Waals surface area (Å²) in [5.41, 5.74) is 4.13. The van der Waals surface area contributed by atoms with Crippen LogP contribution in [0.1, 0.15) is 23.6 Å². The maximum Gasteiger partial charge on any atom is 0.227 e. The van der Waals surface area contributed by atoms with Gasteiger partial charge in [-0.1, -0.05) is 48.5 Å². The van der Waals surface area contributed by atoms with Gasteiger partial charge in [-0.3, -0.25) is 4.79 Å². The average molecular weight is 402 g/mol. The number of nitrogens with one attached hydrogen (secondary N) is 1. The fraction of sp³-hybridized carbons (Fsp3) is 0.240. The molecule has 1 aliphatic rings. The number of para-hydroxylation sites is 2. The molecule has 0 bridgehead atoms. The molecule has 5 nitrogen and oxygen atoms in total. The van der Waals surface area contributed by atoms with Crippen molar-refractivity contribution in [1.29, 1.82) is 0 Å². The first kappa shape index (κ1) is 19.8. The fourth-order valence-electron chi connectivity index (χ4n) is 3.88. The van der Waals surface area contributed by atoms with Crippen LogP contribution >= 0.6 is 0 Å². The van der Waals surface area contributed by atoms with E-state index in [1.54, 1.807) is 14.2 Å². The van der Waals surface area contributed by atoms with E-state index in [1.807, 2.05) is 65.6 Å².